The van der Waals surface area contributed by atoms with Gasteiger partial charge < -0.3 is 19.9 Å². The molecule has 3 aromatic heterocycles. The van der Waals surface area contributed by atoms with Crippen LogP contribution >= 0.6 is 15.9 Å². The van der Waals surface area contributed by atoms with E-state index in [4.69, 9.17) is 5.73 Å². The van der Waals surface area contributed by atoms with Gasteiger partial charge in [0.15, 0.2) is 5.69 Å². The van der Waals surface area contributed by atoms with E-state index < -0.39 is 12.1 Å². The summed E-state index contributed by atoms with van der Waals surface area (Å²) in [5.74, 6) is -0.997. The Labute approximate surface area is 161 Å². The topological polar surface area (TPSA) is 112 Å². The van der Waals surface area contributed by atoms with Crippen molar-refractivity contribution in [2.24, 2.45) is 5.73 Å². The Kier molecular flexibility index (Phi) is 4.19. The fraction of sp³-hybridized carbons (Fsp3) is 0.176. The number of aromatic nitrogens is 3. The lowest BCUT2D eigenvalue weighted by Gasteiger charge is -2.28. The van der Waals surface area contributed by atoms with Gasteiger partial charge in [-0.25, -0.2) is 14.1 Å². The molecule has 1 aliphatic heterocycles. The number of carbonyl (C=O) groups is 3. The van der Waals surface area contributed by atoms with Crippen molar-refractivity contribution in [2.45, 2.75) is 13.1 Å². The molecule has 0 aromatic carbocycles. The second-order valence-electron chi connectivity index (χ2n) is 6.04. The molecule has 4 rings (SSSR count). The van der Waals surface area contributed by atoms with E-state index in [0.717, 1.165) is 15.7 Å². The van der Waals surface area contributed by atoms with Crippen molar-refractivity contribution in [1.82, 2.24) is 19.1 Å². The van der Waals surface area contributed by atoms with Gasteiger partial charge in [0, 0.05) is 29.5 Å². The maximum absolute atomic E-state index is 12.8. The maximum Gasteiger partial charge on any atom is 0.412 e. The van der Waals surface area contributed by atoms with Crippen molar-refractivity contribution in [3.05, 3.63) is 58.1 Å². The number of halogens is 1. The number of pyridine rings is 1. The second kappa shape index (κ2) is 6.54. The minimum absolute atomic E-state index is 0.191. The first kappa shape index (κ1) is 17.3. The summed E-state index contributed by atoms with van der Waals surface area (Å²) in [7, 11) is 0. The SMILES string of the molecule is NC(=O)OC(=O)c1ccc2n1CCN(C(=O)c1cc3ccc(Br)cn3n1)C2. The summed E-state index contributed by atoms with van der Waals surface area (Å²) in [5, 5.41) is 4.33. The first-order valence-corrected chi connectivity index (χ1v) is 8.86. The molecule has 0 spiro atoms. The van der Waals surface area contributed by atoms with Crippen LogP contribution in [0.2, 0.25) is 0 Å². The zero-order valence-electron chi connectivity index (χ0n) is 14.0. The molecule has 27 heavy (non-hydrogen) atoms. The van der Waals surface area contributed by atoms with Crippen molar-refractivity contribution >= 4 is 39.4 Å². The summed E-state index contributed by atoms with van der Waals surface area (Å²) in [6.07, 6.45) is 0.631. The van der Waals surface area contributed by atoms with Crippen LogP contribution < -0.4 is 5.73 Å². The molecular weight excluding hydrogens is 418 g/mol. The number of ether oxygens (including phenoxy) is 1. The van der Waals surface area contributed by atoms with Crippen molar-refractivity contribution in [1.29, 1.82) is 0 Å². The smallest absolute Gasteiger partial charge is 0.372 e. The Morgan fingerprint density at radius 2 is 1.96 bits per heavy atom. The number of fused-ring (bicyclic) bond motifs is 2. The fourth-order valence-electron chi connectivity index (χ4n) is 3.13. The molecule has 0 saturated heterocycles. The van der Waals surface area contributed by atoms with Crippen LogP contribution in [0, 0.1) is 0 Å². The van der Waals surface area contributed by atoms with Crippen molar-refractivity contribution in [3.63, 3.8) is 0 Å². The van der Waals surface area contributed by atoms with Crippen LogP contribution in [0.25, 0.3) is 5.52 Å². The molecule has 0 atom stereocenters. The number of rotatable bonds is 2. The molecule has 0 radical (unpaired) electrons. The molecule has 0 aliphatic carbocycles. The molecule has 2 amide bonds. The Bertz CT molecular complexity index is 1090. The number of nitrogens with two attached hydrogens (primary N) is 1. The molecule has 1 aliphatic rings. The lowest BCUT2D eigenvalue weighted by molar-refractivity contribution is 0.0620. The number of primary amides is 1. The normalized spacial score (nSPS) is 13.4. The highest BCUT2D eigenvalue weighted by Crippen LogP contribution is 2.20. The molecule has 4 heterocycles. The maximum atomic E-state index is 12.8. The van der Waals surface area contributed by atoms with Crippen LogP contribution in [0.1, 0.15) is 26.7 Å². The number of carbonyl (C=O) groups excluding carboxylic acids is 3. The van der Waals surface area contributed by atoms with Gasteiger partial charge in [-0.1, -0.05) is 0 Å². The second-order valence-corrected chi connectivity index (χ2v) is 6.96. The van der Waals surface area contributed by atoms with Crippen LogP contribution in [0.15, 0.2) is 41.0 Å². The molecule has 0 fully saturated rings. The average molecular weight is 432 g/mol. The van der Waals surface area contributed by atoms with Gasteiger partial charge in [-0.2, -0.15) is 5.10 Å². The standard InChI is InChI=1S/C17H14BrN5O4/c18-10-1-2-11-7-13(20-23(11)8-10)15(24)21-5-6-22-12(9-21)3-4-14(22)16(25)27-17(19)26/h1-4,7-8H,5-6,9H2,(H2,19,26). The van der Waals surface area contributed by atoms with Gasteiger partial charge in [0.1, 0.15) is 5.69 Å². The van der Waals surface area contributed by atoms with Gasteiger partial charge in [0.05, 0.1) is 12.1 Å². The summed E-state index contributed by atoms with van der Waals surface area (Å²) in [6, 6.07) is 8.75. The molecule has 0 bridgehead atoms. The highest BCUT2D eigenvalue weighted by Gasteiger charge is 2.27. The Balaban J connectivity index is 1.55. The van der Waals surface area contributed by atoms with E-state index in [2.05, 4.69) is 25.8 Å². The first-order valence-electron chi connectivity index (χ1n) is 8.06. The molecular formula is C17H14BrN5O4. The quantitative estimate of drug-likeness (QED) is 0.490. The molecule has 2 N–H and O–H groups in total. The first-order chi connectivity index (χ1) is 12.9. The molecule has 10 heteroatoms. The summed E-state index contributed by atoms with van der Waals surface area (Å²) in [5.41, 5.74) is 7.05. The Morgan fingerprint density at radius 1 is 1.15 bits per heavy atom. The minimum atomic E-state index is -1.15. The van der Waals surface area contributed by atoms with E-state index in [0.29, 0.717) is 25.3 Å². The van der Waals surface area contributed by atoms with Crippen LogP contribution in [-0.4, -0.2) is 43.6 Å². The average Bonchev–Trinajstić information content (AvgIpc) is 3.23. The van der Waals surface area contributed by atoms with Crippen LogP contribution in [0.3, 0.4) is 0 Å². The predicted octanol–water partition coefficient (Wildman–Crippen LogP) is 1.79. The monoisotopic (exact) mass is 431 g/mol. The molecule has 9 nitrogen and oxygen atoms in total. The largest absolute Gasteiger partial charge is 0.412 e. The van der Waals surface area contributed by atoms with Gasteiger partial charge >= 0.3 is 12.1 Å². The van der Waals surface area contributed by atoms with Crippen LogP contribution in [0.4, 0.5) is 4.79 Å². The highest BCUT2D eigenvalue weighted by molar-refractivity contribution is 9.10. The number of nitrogens with zero attached hydrogens (tertiary/aromatic N) is 4. The molecule has 0 unspecified atom stereocenters. The van der Waals surface area contributed by atoms with E-state index in [1.54, 1.807) is 38.4 Å². The van der Waals surface area contributed by atoms with Gasteiger partial charge in [-0.05, 0) is 46.3 Å². The van der Waals surface area contributed by atoms with Crippen LogP contribution in [-0.2, 0) is 17.8 Å². The number of hydrogen-bond donors (Lipinski definition) is 1. The van der Waals surface area contributed by atoms with Gasteiger partial charge in [0.25, 0.3) is 5.91 Å². The lowest BCUT2D eigenvalue weighted by atomic mass is 10.2. The third-order valence-electron chi connectivity index (χ3n) is 4.35. The lowest BCUT2D eigenvalue weighted by Crippen LogP contribution is -2.39. The fourth-order valence-corrected chi connectivity index (χ4v) is 3.46. The van der Waals surface area contributed by atoms with Crippen LogP contribution in [0.5, 0.6) is 0 Å². The van der Waals surface area contributed by atoms with Crippen molar-refractivity contribution < 1.29 is 19.1 Å². The van der Waals surface area contributed by atoms with Crippen molar-refractivity contribution in [3.8, 4) is 0 Å². The highest BCUT2D eigenvalue weighted by atomic mass is 79.9. The third-order valence-corrected chi connectivity index (χ3v) is 4.82. The van der Waals surface area contributed by atoms with Gasteiger partial charge in [0.2, 0.25) is 0 Å². The van der Waals surface area contributed by atoms with E-state index >= 15 is 0 Å². The van der Waals surface area contributed by atoms with E-state index in [1.807, 2.05) is 12.1 Å². The summed E-state index contributed by atoms with van der Waals surface area (Å²) in [6.45, 7) is 1.12. The molecule has 0 saturated carbocycles. The van der Waals surface area contributed by atoms with E-state index in [9.17, 15) is 14.4 Å². The number of esters is 1. The van der Waals surface area contributed by atoms with E-state index in [1.165, 1.54) is 0 Å². The molecule has 138 valence electrons. The Morgan fingerprint density at radius 3 is 2.74 bits per heavy atom. The summed E-state index contributed by atoms with van der Waals surface area (Å²) >= 11 is 3.38. The van der Waals surface area contributed by atoms with E-state index in [-0.39, 0.29) is 11.6 Å². The van der Waals surface area contributed by atoms with Gasteiger partial charge in [-0.15, -0.1) is 0 Å². The summed E-state index contributed by atoms with van der Waals surface area (Å²) in [4.78, 5) is 37.2. The Hall–Kier alpha value is -3.14. The summed E-state index contributed by atoms with van der Waals surface area (Å²) < 4.78 is 8.65. The van der Waals surface area contributed by atoms with Gasteiger partial charge in [-0.3, -0.25) is 4.79 Å². The van der Waals surface area contributed by atoms with Crippen molar-refractivity contribution in [2.75, 3.05) is 6.54 Å². The zero-order valence-corrected chi connectivity index (χ0v) is 15.5. The molecule has 3 aromatic rings. The number of amides is 2. The third kappa shape index (κ3) is 3.19. The minimum Gasteiger partial charge on any atom is -0.372 e. The zero-order chi connectivity index (χ0) is 19.1. The number of hydrogen-bond acceptors (Lipinski definition) is 5. The predicted molar refractivity (Wildman–Crippen MR) is 97.1 cm³/mol.